The van der Waals surface area contributed by atoms with Gasteiger partial charge in [0, 0.05) is 36.8 Å². The molecule has 2 aliphatic heterocycles. The number of guanidine groups is 1. The number of ketones is 1. The van der Waals surface area contributed by atoms with Crippen molar-refractivity contribution in [1.82, 2.24) is 10.6 Å². The van der Waals surface area contributed by atoms with Gasteiger partial charge in [-0.3, -0.25) is 19.9 Å². The van der Waals surface area contributed by atoms with Crippen LogP contribution in [0.3, 0.4) is 0 Å². The minimum atomic E-state index is -1.38. The van der Waals surface area contributed by atoms with Gasteiger partial charge in [0.1, 0.15) is 18.0 Å². The van der Waals surface area contributed by atoms with Crippen LogP contribution in [0.2, 0.25) is 0 Å². The SMILES string of the molecule is C=C(/C=C/C=C(/CO)[C@H]1CC[C@@]2([C@@H]3CC[C@H](O)Cc4cccc(c4)C[C@H]([C@H](CN=C(N)N)c4ccc(O)cc4)[C@H](O)CN[C@H]4C(=O)N[C@H](N)c5cccc(c54)CC(=O)/C(C)=C/3CC[C@@]2(C)O)[C@@H]1O)CC/C=C(/C)CCCc1ccccc1. The predicted octanol–water partition coefficient (Wildman–Crippen LogP) is 8.21. The summed E-state index contributed by atoms with van der Waals surface area (Å²) in [7, 11) is 0. The molecule has 2 aliphatic carbocycles. The molecule has 4 aromatic rings. The van der Waals surface area contributed by atoms with E-state index in [-0.39, 0.29) is 56.5 Å². The molecule has 438 valence electrons. The number of phenols is 1. The first-order valence-electron chi connectivity index (χ1n) is 29.5. The summed E-state index contributed by atoms with van der Waals surface area (Å²) in [5, 5.41) is 77.8. The lowest BCUT2D eigenvalue weighted by molar-refractivity contribution is -0.168. The maximum Gasteiger partial charge on any atom is 0.243 e. The molecule has 0 unspecified atom stereocenters. The minimum absolute atomic E-state index is 0.0581. The van der Waals surface area contributed by atoms with E-state index >= 15 is 4.79 Å². The summed E-state index contributed by atoms with van der Waals surface area (Å²) in [5.74, 6) is -2.70. The van der Waals surface area contributed by atoms with Crippen LogP contribution in [0.5, 0.6) is 5.75 Å². The van der Waals surface area contributed by atoms with Gasteiger partial charge in [-0.1, -0.05) is 133 Å². The van der Waals surface area contributed by atoms with Gasteiger partial charge in [-0.15, -0.1) is 0 Å². The highest BCUT2D eigenvalue weighted by Crippen LogP contribution is 2.63. The number of aliphatic imine (C=N–C) groups is 1. The lowest BCUT2D eigenvalue weighted by atomic mass is 9.52. The highest BCUT2D eigenvalue weighted by Gasteiger charge is 2.64. The number of nitrogens with one attached hydrogen (secondary N) is 2. The summed E-state index contributed by atoms with van der Waals surface area (Å²) < 4.78 is 0. The lowest BCUT2D eigenvalue weighted by Crippen LogP contribution is -2.59. The maximum absolute atomic E-state index is 15.1. The zero-order valence-electron chi connectivity index (χ0n) is 48.2. The van der Waals surface area contributed by atoms with Crippen LogP contribution in [-0.2, 0) is 35.3 Å². The Hall–Kier alpha value is -6.49. The number of β-amino-alcohol motifs (C(OH)–C–C–N with tert-alkyl or cyclic N) is 1. The van der Waals surface area contributed by atoms with Crippen molar-refractivity contribution in [1.29, 1.82) is 0 Å². The molecule has 2 bridgehead atoms. The van der Waals surface area contributed by atoms with Crippen LogP contribution in [0.4, 0.5) is 0 Å². The van der Waals surface area contributed by atoms with Crippen LogP contribution < -0.4 is 27.8 Å². The zero-order valence-corrected chi connectivity index (χ0v) is 48.2. The predicted molar refractivity (Wildman–Crippen MR) is 324 cm³/mol. The molecule has 82 heavy (non-hydrogen) atoms. The van der Waals surface area contributed by atoms with Crippen molar-refractivity contribution < 1.29 is 40.2 Å². The Morgan fingerprint density at radius 2 is 1.65 bits per heavy atom. The topological polar surface area (TPSA) is 270 Å². The Morgan fingerprint density at radius 3 is 2.38 bits per heavy atom. The number of aliphatic hydroxyl groups excluding tert-OH is 4. The molecule has 2 saturated carbocycles. The summed E-state index contributed by atoms with van der Waals surface area (Å²) in [4.78, 5) is 33.7. The van der Waals surface area contributed by atoms with E-state index in [4.69, 9.17) is 17.2 Å². The third-order valence-electron chi connectivity index (χ3n) is 18.6. The summed E-state index contributed by atoms with van der Waals surface area (Å²) in [6, 6.07) is 29.6. The third-order valence-corrected chi connectivity index (χ3v) is 18.6. The van der Waals surface area contributed by atoms with E-state index in [9.17, 15) is 35.4 Å². The second-order valence-electron chi connectivity index (χ2n) is 24.0. The van der Waals surface area contributed by atoms with E-state index in [1.54, 1.807) is 31.2 Å². The van der Waals surface area contributed by atoms with E-state index in [1.807, 2.05) is 73.7 Å². The second-order valence-corrected chi connectivity index (χ2v) is 24.0. The van der Waals surface area contributed by atoms with Gasteiger partial charge in [-0.25, -0.2) is 0 Å². The van der Waals surface area contributed by atoms with Gasteiger partial charge in [0.2, 0.25) is 5.91 Å². The molecule has 0 saturated heterocycles. The van der Waals surface area contributed by atoms with Crippen LogP contribution in [0.25, 0.3) is 0 Å². The Morgan fingerprint density at radius 1 is 0.915 bits per heavy atom. The fourth-order valence-electron chi connectivity index (χ4n) is 14.0. The minimum Gasteiger partial charge on any atom is -0.508 e. The number of rotatable bonds is 15. The monoisotopic (exact) mass is 1120 g/mol. The van der Waals surface area contributed by atoms with E-state index in [0.717, 1.165) is 59.9 Å². The van der Waals surface area contributed by atoms with Gasteiger partial charge in [0.25, 0.3) is 0 Å². The highest BCUT2D eigenvalue weighted by atomic mass is 16.3. The van der Waals surface area contributed by atoms with E-state index < -0.39 is 71.1 Å². The quantitative estimate of drug-likeness (QED) is 0.0233. The van der Waals surface area contributed by atoms with Crippen molar-refractivity contribution in [2.75, 3.05) is 19.7 Å². The number of allylic oxidation sites excluding steroid dienone is 8. The van der Waals surface area contributed by atoms with Crippen molar-refractivity contribution in [3.63, 3.8) is 0 Å². The number of fused-ring (bicyclic) bond motifs is 4. The first-order chi connectivity index (χ1) is 39.3. The van der Waals surface area contributed by atoms with Crippen LogP contribution >= 0.6 is 0 Å². The molecule has 1 amide bonds. The first kappa shape index (κ1) is 61.6. The second kappa shape index (κ2) is 27.7. The standard InChI is InChI=1S/C68H88N6O8/c1-42(15-9-19-45-17-6-5-7-18-45)13-8-14-43(2)16-10-23-50(41-75)54-32-34-68(63(54)80)58-30-29-52(77)36-46-20-11-21-47(35-46)37-56(57(39-73-66(70)71)48-25-27-51(76)28-26-48)60(79)40-72-62-61-49(22-12-24-55(61)64(69)74-65(62)81)38-59(78)44(3)53(58)31-33-67(68,4)82/h5-7,10-13,16-18,20-28,35,52,54,56-58,60,62-64,72,75-77,79-80,82H,2,8-9,14-15,19,29-34,36-41,69H2,1,3-4H3,(H,74,81)(H4,70,71,73)/b16-10+,42-13-,50-23-,53-44+/t52-,54+,56+,57+,58+,60+,62+,63+,64-,67+,68+/m0/s1. The molecule has 2 fully saturated rings. The Balaban J connectivity index is 1.11. The van der Waals surface area contributed by atoms with Crippen LogP contribution in [0.1, 0.15) is 142 Å². The summed E-state index contributed by atoms with van der Waals surface area (Å²) in [5.41, 5.74) is 25.8. The number of benzene rings is 4. The lowest BCUT2D eigenvalue weighted by Gasteiger charge is -2.56. The van der Waals surface area contributed by atoms with E-state index in [1.165, 1.54) is 11.1 Å². The van der Waals surface area contributed by atoms with Gasteiger partial charge in [-0.05, 0) is 178 Å². The van der Waals surface area contributed by atoms with Crippen molar-refractivity contribution >= 4 is 17.6 Å². The zero-order chi connectivity index (χ0) is 58.7. The fraction of sp³-hybridized carbons (Fsp3) is 0.456. The Labute approximate surface area is 484 Å². The van der Waals surface area contributed by atoms with E-state index in [0.29, 0.717) is 66.4 Å². The number of aliphatic hydroxyl groups is 5. The first-order valence-corrected chi connectivity index (χ1v) is 29.5. The molecule has 8 rings (SSSR count). The number of aromatic hydroxyl groups is 1. The Bertz CT molecular complexity index is 3030. The summed E-state index contributed by atoms with van der Waals surface area (Å²) >= 11 is 0. The van der Waals surface area contributed by atoms with E-state index in [2.05, 4.69) is 59.5 Å². The van der Waals surface area contributed by atoms with Gasteiger partial charge >= 0.3 is 0 Å². The molecule has 0 aromatic heterocycles. The molecule has 0 radical (unpaired) electrons. The molecule has 1 spiro atoms. The number of nitrogens with zero attached hydrogens (tertiary/aromatic N) is 1. The highest BCUT2D eigenvalue weighted by molar-refractivity contribution is 5.98. The number of amides is 1. The van der Waals surface area contributed by atoms with Gasteiger partial charge in [-0.2, -0.15) is 0 Å². The summed E-state index contributed by atoms with van der Waals surface area (Å²) in [6.07, 6.45) is 11.7. The molecule has 14 nitrogen and oxygen atoms in total. The van der Waals surface area contributed by atoms with Crippen molar-refractivity contribution in [2.45, 2.75) is 153 Å². The maximum atomic E-state index is 15.1. The number of hydrogen-bond donors (Lipinski definition) is 11. The number of aryl methyl sites for hydroxylation is 1. The van der Waals surface area contributed by atoms with Crippen LogP contribution in [0, 0.1) is 23.2 Å². The Kier molecular flexibility index (Phi) is 20.8. The van der Waals surface area contributed by atoms with Crippen LogP contribution in [-0.4, -0.2) is 91.9 Å². The third kappa shape index (κ3) is 14.5. The molecular formula is C68H88N6O8. The van der Waals surface area contributed by atoms with Crippen molar-refractivity contribution in [3.8, 4) is 5.75 Å². The largest absolute Gasteiger partial charge is 0.508 e. The molecule has 4 aliphatic rings. The number of phenolic OH excluding ortho intramolecular Hbond substituents is 1. The van der Waals surface area contributed by atoms with Gasteiger partial charge < -0.3 is 53.2 Å². The molecule has 11 atom stereocenters. The van der Waals surface area contributed by atoms with Crippen LogP contribution in [0.15, 0.2) is 161 Å². The number of carbonyl (C=O) groups excluding carboxylic acids is 2. The normalized spacial score (nSPS) is 28.9. The molecule has 4 aromatic carbocycles. The van der Waals surface area contributed by atoms with Crippen molar-refractivity contribution in [2.24, 2.45) is 45.4 Å². The molecule has 2 heterocycles. The molecule has 14 N–H and O–H groups in total. The average Bonchev–Trinajstić information content (AvgIpc) is 1.83. The van der Waals surface area contributed by atoms with Gasteiger partial charge in [0.05, 0.1) is 30.5 Å². The summed E-state index contributed by atoms with van der Waals surface area (Å²) in [6.45, 7) is 9.85. The number of Topliss-reactive ketones (excluding diaryl/α,β-unsaturated/α-hetero) is 1. The number of carbonyl (C=O) groups is 2. The smallest absolute Gasteiger partial charge is 0.243 e. The van der Waals surface area contributed by atoms with Gasteiger partial charge in [0.15, 0.2) is 11.7 Å². The number of nitrogens with two attached hydrogens (primary N) is 3. The number of hydrogen-bond acceptors (Lipinski definition) is 11. The van der Waals surface area contributed by atoms with Crippen molar-refractivity contribution in [3.05, 3.63) is 195 Å². The molecule has 14 heteroatoms. The molecular weight excluding hydrogens is 1030 g/mol. The fourth-order valence-corrected chi connectivity index (χ4v) is 14.0. The average molecular weight is 1120 g/mol.